The van der Waals surface area contributed by atoms with E-state index in [4.69, 9.17) is 4.74 Å². The van der Waals surface area contributed by atoms with Gasteiger partial charge in [-0.3, -0.25) is 0 Å². The monoisotopic (exact) mass is 132 g/mol. The van der Waals surface area contributed by atoms with Crippen molar-refractivity contribution in [3.05, 3.63) is 0 Å². The van der Waals surface area contributed by atoms with E-state index in [1.54, 1.807) is 0 Å². The predicted molar refractivity (Wildman–Crippen MR) is 39.0 cm³/mol. The van der Waals surface area contributed by atoms with Gasteiger partial charge in [-0.1, -0.05) is 13.8 Å². The maximum absolute atomic E-state index is 4.99. The molecule has 1 nitrogen and oxygen atoms in total. The van der Waals surface area contributed by atoms with Crippen LogP contribution in [0.15, 0.2) is 0 Å². The topological polar surface area (TPSA) is 9.23 Å². The number of hydrogen-bond acceptors (Lipinski definition) is 2. The summed E-state index contributed by atoms with van der Waals surface area (Å²) in [5.41, 5.74) is 1.32. The van der Waals surface area contributed by atoms with Crippen LogP contribution >= 0.6 is 12.2 Å². The zero-order valence-electron chi connectivity index (χ0n) is 5.55. The van der Waals surface area contributed by atoms with E-state index in [0.717, 1.165) is 0 Å². The Morgan fingerprint density at radius 1 is 1.38 bits per heavy atom. The minimum atomic E-state index is 0.257. The van der Waals surface area contributed by atoms with E-state index in [9.17, 15) is 0 Å². The van der Waals surface area contributed by atoms with Crippen molar-refractivity contribution >= 4 is 17.8 Å². The van der Waals surface area contributed by atoms with Crippen molar-refractivity contribution in [1.82, 2.24) is 0 Å². The standard InChI is InChI=1S/C6H12OS/c1-5(2)6(3)7-4-8/h4-6H,1-3H3. The third-order valence-corrected chi connectivity index (χ3v) is 1.32. The SMILES string of the molecule is CC(C)C(C)OC=S. The Morgan fingerprint density at radius 2 is 1.88 bits per heavy atom. The Morgan fingerprint density at radius 3 is 2.00 bits per heavy atom. The first kappa shape index (κ1) is 7.89. The Balaban J connectivity index is 3.30. The summed E-state index contributed by atoms with van der Waals surface area (Å²) in [5.74, 6) is 0.550. The highest BCUT2D eigenvalue weighted by molar-refractivity contribution is 7.78. The van der Waals surface area contributed by atoms with Crippen LogP contribution in [0.1, 0.15) is 20.8 Å². The Hall–Kier alpha value is -0.110. The summed E-state index contributed by atoms with van der Waals surface area (Å²) in [4.78, 5) is 0. The minimum Gasteiger partial charge on any atom is -0.487 e. The predicted octanol–water partition coefficient (Wildman–Crippen LogP) is 2.00. The molecule has 0 fully saturated rings. The highest BCUT2D eigenvalue weighted by Gasteiger charge is 2.03. The molecule has 1 unspecified atom stereocenters. The lowest BCUT2D eigenvalue weighted by Crippen LogP contribution is -2.13. The highest BCUT2D eigenvalue weighted by atomic mass is 32.1. The lowest BCUT2D eigenvalue weighted by Gasteiger charge is -2.12. The molecule has 0 aromatic heterocycles. The zero-order valence-corrected chi connectivity index (χ0v) is 6.37. The molecule has 0 spiro atoms. The molecule has 0 saturated heterocycles. The van der Waals surface area contributed by atoms with Gasteiger partial charge in [0.2, 0.25) is 0 Å². The second-order valence-corrected chi connectivity index (χ2v) is 2.37. The van der Waals surface area contributed by atoms with E-state index >= 15 is 0 Å². The first-order valence-corrected chi connectivity index (χ1v) is 3.24. The van der Waals surface area contributed by atoms with Gasteiger partial charge in [0.25, 0.3) is 0 Å². The molecule has 0 aliphatic heterocycles. The normalized spacial score (nSPS) is 13.5. The van der Waals surface area contributed by atoms with Crippen LogP contribution in [-0.2, 0) is 4.74 Å². The smallest absolute Gasteiger partial charge is 0.146 e. The third-order valence-electron chi connectivity index (χ3n) is 1.21. The molecule has 48 valence electrons. The van der Waals surface area contributed by atoms with E-state index in [1.165, 1.54) is 5.55 Å². The largest absolute Gasteiger partial charge is 0.487 e. The molecule has 0 aliphatic carbocycles. The van der Waals surface area contributed by atoms with Crippen LogP contribution in [0.5, 0.6) is 0 Å². The van der Waals surface area contributed by atoms with Crippen LogP contribution in [0.25, 0.3) is 0 Å². The first-order chi connectivity index (χ1) is 3.68. The van der Waals surface area contributed by atoms with Gasteiger partial charge in [0.05, 0.1) is 6.10 Å². The second kappa shape index (κ2) is 3.84. The van der Waals surface area contributed by atoms with Crippen molar-refractivity contribution in [1.29, 1.82) is 0 Å². The van der Waals surface area contributed by atoms with Gasteiger partial charge in [-0.05, 0) is 25.1 Å². The summed E-state index contributed by atoms with van der Waals surface area (Å²) in [5, 5.41) is 0. The summed E-state index contributed by atoms with van der Waals surface area (Å²) >= 11 is 4.50. The molecule has 0 radical (unpaired) electrons. The molecule has 0 aromatic carbocycles. The number of hydrogen-bond donors (Lipinski definition) is 0. The maximum atomic E-state index is 4.99. The molecule has 1 atom stereocenters. The van der Waals surface area contributed by atoms with Crippen LogP contribution in [0.4, 0.5) is 0 Å². The highest BCUT2D eigenvalue weighted by Crippen LogP contribution is 2.02. The zero-order chi connectivity index (χ0) is 6.57. The van der Waals surface area contributed by atoms with Crippen LogP contribution in [0.2, 0.25) is 0 Å². The van der Waals surface area contributed by atoms with E-state index in [1.807, 2.05) is 6.92 Å². The van der Waals surface area contributed by atoms with Crippen LogP contribution < -0.4 is 0 Å². The van der Waals surface area contributed by atoms with Crippen molar-refractivity contribution in [3.63, 3.8) is 0 Å². The van der Waals surface area contributed by atoms with Crippen molar-refractivity contribution in [3.8, 4) is 0 Å². The molecule has 0 aromatic rings. The van der Waals surface area contributed by atoms with Crippen LogP contribution in [0.3, 0.4) is 0 Å². The average molecular weight is 132 g/mol. The van der Waals surface area contributed by atoms with Gasteiger partial charge >= 0.3 is 0 Å². The number of thiocarbonyl (C=S) groups is 1. The van der Waals surface area contributed by atoms with Gasteiger partial charge in [-0.2, -0.15) is 0 Å². The molecule has 0 heterocycles. The number of rotatable bonds is 3. The fourth-order valence-corrected chi connectivity index (χ4v) is 0.420. The maximum Gasteiger partial charge on any atom is 0.146 e. The van der Waals surface area contributed by atoms with Crippen molar-refractivity contribution in [2.45, 2.75) is 26.9 Å². The van der Waals surface area contributed by atoms with Gasteiger partial charge in [-0.25, -0.2) is 0 Å². The fourth-order valence-electron chi connectivity index (χ4n) is 0.245. The van der Waals surface area contributed by atoms with Gasteiger partial charge < -0.3 is 4.74 Å². The van der Waals surface area contributed by atoms with Crippen LogP contribution in [-0.4, -0.2) is 11.7 Å². The first-order valence-electron chi connectivity index (χ1n) is 2.77. The van der Waals surface area contributed by atoms with Gasteiger partial charge in [0, 0.05) is 0 Å². The summed E-state index contributed by atoms with van der Waals surface area (Å²) < 4.78 is 4.99. The summed E-state index contributed by atoms with van der Waals surface area (Å²) in [7, 11) is 0. The van der Waals surface area contributed by atoms with Crippen molar-refractivity contribution in [2.75, 3.05) is 0 Å². The molecule has 0 aliphatic rings. The summed E-state index contributed by atoms with van der Waals surface area (Å²) in [6, 6.07) is 0. The molecular weight excluding hydrogens is 120 g/mol. The van der Waals surface area contributed by atoms with Gasteiger partial charge in [0.15, 0.2) is 0 Å². The van der Waals surface area contributed by atoms with Crippen molar-refractivity contribution < 1.29 is 4.74 Å². The quantitative estimate of drug-likeness (QED) is 0.543. The van der Waals surface area contributed by atoms with E-state index in [-0.39, 0.29) is 6.10 Å². The van der Waals surface area contributed by atoms with Gasteiger partial charge in [0.1, 0.15) is 5.55 Å². The Bertz CT molecular complexity index is 70.9. The van der Waals surface area contributed by atoms with E-state index < -0.39 is 0 Å². The minimum absolute atomic E-state index is 0.257. The Labute approximate surface area is 56.0 Å². The molecule has 8 heavy (non-hydrogen) atoms. The van der Waals surface area contributed by atoms with Crippen LogP contribution in [0, 0.1) is 5.92 Å². The Kier molecular flexibility index (Phi) is 3.79. The molecule has 2 heteroatoms. The van der Waals surface area contributed by atoms with Crippen molar-refractivity contribution in [2.24, 2.45) is 5.92 Å². The molecule has 0 saturated carbocycles. The lowest BCUT2D eigenvalue weighted by molar-refractivity contribution is 0.172. The van der Waals surface area contributed by atoms with E-state index in [2.05, 4.69) is 26.1 Å². The summed E-state index contributed by atoms with van der Waals surface area (Å²) in [6.07, 6.45) is 0.257. The third kappa shape index (κ3) is 2.97. The molecule has 0 N–H and O–H groups in total. The fraction of sp³-hybridized carbons (Fsp3) is 0.833. The summed E-state index contributed by atoms with van der Waals surface area (Å²) in [6.45, 7) is 6.21. The second-order valence-electron chi connectivity index (χ2n) is 2.18. The average Bonchev–Trinajstić information content (AvgIpc) is 1.67. The lowest BCUT2D eigenvalue weighted by atomic mass is 10.1. The number of ether oxygens (including phenoxy) is 1. The molecule has 0 rings (SSSR count). The molecule has 0 amide bonds. The molecule has 0 bridgehead atoms. The van der Waals surface area contributed by atoms with E-state index in [0.29, 0.717) is 5.92 Å². The molecular formula is C6H12OS. The van der Waals surface area contributed by atoms with Gasteiger partial charge in [-0.15, -0.1) is 0 Å².